The third-order valence-electron chi connectivity index (χ3n) is 2.08. The van der Waals surface area contributed by atoms with Crippen molar-refractivity contribution in [1.29, 1.82) is 0 Å². The van der Waals surface area contributed by atoms with Crippen LogP contribution in [0.1, 0.15) is 13.8 Å². The topological polar surface area (TPSA) is 41.1 Å². The summed E-state index contributed by atoms with van der Waals surface area (Å²) in [6.45, 7) is 4.91. The van der Waals surface area contributed by atoms with Crippen LogP contribution in [0.3, 0.4) is 0 Å². The fraction of sp³-hybridized carbons (Fsp3) is 0.417. The number of carbonyl (C=O) groups is 1. The monoisotopic (exact) mass is 302 g/mol. The molecule has 0 radical (unpaired) electrons. The molecule has 1 aromatic carbocycles. The third-order valence-corrected chi connectivity index (χ3v) is 2.69. The van der Waals surface area contributed by atoms with Crippen molar-refractivity contribution < 1.29 is 9.18 Å². The average molecular weight is 303 g/mol. The van der Waals surface area contributed by atoms with E-state index < -0.39 is 0 Å². The summed E-state index contributed by atoms with van der Waals surface area (Å²) in [5.74, 6) is 0.0397. The molecule has 0 aliphatic heterocycles. The summed E-state index contributed by atoms with van der Waals surface area (Å²) in [7, 11) is 0. The van der Waals surface area contributed by atoms with E-state index in [0.717, 1.165) is 0 Å². The van der Waals surface area contributed by atoms with Crippen LogP contribution >= 0.6 is 15.9 Å². The molecule has 0 fully saturated rings. The van der Waals surface area contributed by atoms with Gasteiger partial charge in [0.25, 0.3) is 0 Å². The van der Waals surface area contributed by atoms with Crippen molar-refractivity contribution in [3.63, 3.8) is 0 Å². The summed E-state index contributed by atoms with van der Waals surface area (Å²) in [5.41, 5.74) is 0.706. The number of nitrogens with one attached hydrogen (secondary N) is 2. The Bertz CT molecular complexity index is 396. The van der Waals surface area contributed by atoms with Crippen LogP contribution in [-0.2, 0) is 4.79 Å². The van der Waals surface area contributed by atoms with E-state index in [2.05, 4.69) is 26.6 Å². The van der Waals surface area contributed by atoms with Gasteiger partial charge in [-0.15, -0.1) is 0 Å². The molecule has 0 aromatic heterocycles. The van der Waals surface area contributed by atoms with Crippen LogP contribution < -0.4 is 10.6 Å². The lowest BCUT2D eigenvalue weighted by molar-refractivity contribution is -0.119. The molecular weight excluding hydrogens is 287 g/mol. The van der Waals surface area contributed by atoms with Gasteiger partial charge in [0.05, 0.1) is 11.0 Å². The van der Waals surface area contributed by atoms with Crippen LogP contribution in [0.4, 0.5) is 10.1 Å². The molecule has 17 heavy (non-hydrogen) atoms. The van der Waals surface area contributed by atoms with Gasteiger partial charge in [0.2, 0.25) is 5.91 Å². The Hall–Kier alpha value is -1.10. The molecule has 0 saturated heterocycles. The first kappa shape index (κ1) is 14.0. The molecule has 0 bridgehead atoms. The molecule has 1 amide bonds. The molecular formula is C12H16BrFN2O. The van der Waals surface area contributed by atoms with Crippen LogP contribution in [0.25, 0.3) is 0 Å². The van der Waals surface area contributed by atoms with Gasteiger partial charge in [0.1, 0.15) is 5.82 Å². The first-order chi connectivity index (χ1) is 7.99. The normalized spacial score (nSPS) is 10.4. The molecule has 0 saturated carbocycles. The number of benzene rings is 1. The number of carbonyl (C=O) groups excluding carboxylic acids is 1. The Morgan fingerprint density at radius 3 is 2.76 bits per heavy atom. The Morgan fingerprint density at radius 2 is 2.18 bits per heavy atom. The summed E-state index contributed by atoms with van der Waals surface area (Å²) in [5, 5.41) is 5.72. The van der Waals surface area contributed by atoms with E-state index >= 15 is 0 Å². The zero-order valence-electron chi connectivity index (χ0n) is 9.89. The first-order valence-electron chi connectivity index (χ1n) is 5.44. The molecule has 0 aliphatic rings. The molecule has 1 aromatic rings. The highest BCUT2D eigenvalue weighted by atomic mass is 79.9. The van der Waals surface area contributed by atoms with Gasteiger partial charge in [-0.05, 0) is 40.0 Å². The van der Waals surface area contributed by atoms with E-state index in [4.69, 9.17) is 0 Å². The van der Waals surface area contributed by atoms with Crippen LogP contribution in [0.5, 0.6) is 0 Å². The molecule has 3 nitrogen and oxygen atoms in total. The number of rotatable bonds is 5. The maximum Gasteiger partial charge on any atom is 0.239 e. The molecule has 0 spiro atoms. The van der Waals surface area contributed by atoms with Crippen LogP contribution in [0, 0.1) is 11.7 Å². The minimum atomic E-state index is -0.320. The van der Waals surface area contributed by atoms with E-state index in [9.17, 15) is 9.18 Å². The quantitative estimate of drug-likeness (QED) is 0.878. The minimum Gasteiger partial charge on any atom is -0.376 e. The second-order valence-corrected chi connectivity index (χ2v) is 5.03. The van der Waals surface area contributed by atoms with Gasteiger partial charge in [-0.2, -0.15) is 0 Å². The van der Waals surface area contributed by atoms with E-state index in [1.807, 2.05) is 13.8 Å². The van der Waals surface area contributed by atoms with Gasteiger partial charge in [0, 0.05) is 12.2 Å². The Morgan fingerprint density at radius 1 is 1.47 bits per heavy atom. The zero-order valence-corrected chi connectivity index (χ0v) is 11.5. The summed E-state index contributed by atoms with van der Waals surface area (Å²) in [6, 6.07) is 4.54. The number of anilines is 1. The smallest absolute Gasteiger partial charge is 0.239 e. The van der Waals surface area contributed by atoms with Gasteiger partial charge in [-0.25, -0.2) is 4.39 Å². The second-order valence-electron chi connectivity index (χ2n) is 4.18. The van der Waals surface area contributed by atoms with Crippen molar-refractivity contribution in [1.82, 2.24) is 5.32 Å². The number of halogens is 2. The fourth-order valence-corrected chi connectivity index (χ4v) is 1.55. The SMILES string of the molecule is CC(C)CNC(=O)CNc1ccc(F)c(Br)c1. The maximum atomic E-state index is 13.0. The van der Waals surface area contributed by atoms with Crippen molar-refractivity contribution in [2.24, 2.45) is 5.92 Å². The number of hydrogen-bond donors (Lipinski definition) is 2. The van der Waals surface area contributed by atoms with Crippen LogP contribution in [0.2, 0.25) is 0 Å². The molecule has 5 heteroatoms. The van der Waals surface area contributed by atoms with Crippen molar-refractivity contribution in [3.05, 3.63) is 28.5 Å². The van der Waals surface area contributed by atoms with Crippen molar-refractivity contribution in [2.75, 3.05) is 18.4 Å². The predicted molar refractivity (Wildman–Crippen MR) is 70.4 cm³/mol. The fourth-order valence-electron chi connectivity index (χ4n) is 1.17. The molecule has 0 heterocycles. The molecule has 1 rings (SSSR count). The van der Waals surface area contributed by atoms with Gasteiger partial charge in [-0.3, -0.25) is 4.79 Å². The van der Waals surface area contributed by atoms with Crippen LogP contribution in [-0.4, -0.2) is 19.0 Å². The van der Waals surface area contributed by atoms with Gasteiger partial charge in [0.15, 0.2) is 0 Å². The second kappa shape index (κ2) is 6.59. The largest absolute Gasteiger partial charge is 0.376 e. The molecule has 2 N–H and O–H groups in total. The van der Waals surface area contributed by atoms with E-state index in [1.54, 1.807) is 12.1 Å². The lowest BCUT2D eigenvalue weighted by Crippen LogP contribution is -2.32. The van der Waals surface area contributed by atoms with Gasteiger partial charge >= 0.3 is 0 Å². The minimum absolute atomic E-state index is 0.0702. The van der Waals surface area contributed by atoms with Crippen molar-refractivity contribution >= 4 is 27.5 Å². The first-order valence-corrected chi connectivity index (χ1v) is 6.24. The molecule has 0 unspecified atom stereocenters. The lowest BCUT2D eigenvalue weighted by atomic mass is 10.2. The van der Waals surface area contributed by atoms with Crippen molar-refractivity contribution in [2.45, 2.75) is 13.8 Å². The Labute approximate surface area is 109 Å². The average Bonchev–Trinajstić information content (AvgIpc) is 2.28. The highest BCUT2D eigenvalue weighted by Crippen LogP contribution is 2.19. The summed E-state index contributed by atoms with van der Waals surface area (Å²) in [4.78, 5) is 11.4. The molecule has 0 atom stereocenters. The maximum absolute atomic E-state index is 13.0. The third kappa shape index (κ3) is 5.17. The van der Waals surface area contributed by atoms with E-state index in [-0.39, 0.29) is 18.3 Å². The van der Waals surface area contributed by atoms with Gasteiger partial charge in [-0.1, -0.05) is 13.8 Å². The number of hydrogen-bond acceptors (Lipinski definition) is 2. The predicted octanol–water partition coefficient (Wildman–Crippen LogP) is 2.77. The Kier molecular flexibility index (Phi) is 5.41. The van der Waals surface area contributed by atoms with Gasteiger partial charge < -0.3 is 10.6 Å². The van der Waals surface area contributed by atoms with Crippen molar-refractivity contribution in [3.8, 4) is 0 Å². The highest BCUT2D eigenvalue weighted by molar-refractivity contribution is 9.10. The van der Waals surface area contributed by atoms with Crippen LogP contribution in [0.15, 0.2) is 22.7 Å². The Balaban J connectivity index is 2.39. The van der Waals surface area contributed by atoms with E-state index in [0.29, 0.717) is 22.6 Å². The lowest BCUT2D eigenvalue weighted by Gasteiger charge is -2.09. The number of amides is 1. The van der Waals surface area contributed by atoms with E-state index in [1.165, 1.54) is 6.07 Å². The molecule has 0 aliphatic carbocycles. The highest BCUT2D eigenvalue weighted by Gasteiger charge is 2.03. The molecule has 94 valence electrons. The standard InChI is InChI=1S/C12H16BrFN2O/c1-8(2)6-16-12(17)7-15-9-3-4-11(14)10(13)5-9/h3-5,8,15H,6-7H2,1-2H3,(H,16,17). The summed E-state index contributed by atoms with van der Waals surface area (Å²) in [6.07, 6.45) is 0. The summed E-state index contributed by atoms with van der Waals surface area (Å²) >= 11 is 3.09. The zero-order chi connectivity index (χ0) is 12.8. The summed E-state index contributed by atoms with van der Waals surface area (Å²) < 4.78 is 13.3.